The minimum atomic E-state index is 0.127. The number of H-pyrrole nitrogens is 1. The number of carbonyl (C=O) groups is 1. The van der Waals surface area contributed by atoms with Crippen molar-refractivity contribution in [3.8, 4) is 0 Å². The Bertz CT molecular complexity index is 373. The quantitative estimate of drug-likeness (QED) is 0.618. The summed E-state index contributed by atoms with van der Waals surface area (Å²) in [6, 6.07) is 0. The summed E-state index contributed by atoms with van der Waals surface area (Å²) in [5, 5.41) is 10.2. The smallest absolute Gasteiger partial charge is 0.233 e. The Hall–Kier alpha value is -1.28. The van der Waals surface area contributed by atoms with E-state index < -0.39 is 0 Å². The number of rotatable bonds is 3. The fourth-order valence-electron chi connectivity index (χ4n) is 1.64. The molecule has 1 saturated heterocycles. The highest BCUT2D eigenvalue weighted by Crippen LogP contribution is 2.13. The Morgan fingerprint density at radius 3 is 3.12 bits per heavy atom. The Kier molecular flexibility index (Phi) is 4.21. The van der Waals surface area contributed by atoms with Crippen LogP contribution in [0.3, 0.4) is 0 Å². The standard InChI is InChI=1S/C9H16N6OS/c10-8-12-9(14-13-8)17-6-7(16)15-4-1-2-11-3-5-15/h11H,1-6H2,(H3,10,12,13,14). The molecule has 2 rings (SSSR count). The van der Waals surface area contributed by atoms with Gasteiger partial charge in [-0.2, -0.15) is 4.98 Å². The molecular weight excluding hydrogens is 240 g/mol. The molecular formula is C9H16N6OS. The lowest BCUT2D eigenvalue weighted by atomic mass is 10.4. The van der Waals surface area contributed by atoms with Gasteiger partial charge in [0.2, 0.25) is 17.0 Å². The number of aromatic amines is 1. The van der Waals surface area contributed by atoms with E-state index in [1.54, 1.807) is 0 Å². The van der Waals surface area contributed by atoms with Crippen LogP contribution >= 0.6 is 11.8 Å². The zero-order chi connectivity index (χ0) is 12.1. The van der Waals surface area contributed by atoms with E-state index in [1.807, 2.05) is 4.90 Å². The number of anilines is 1. The first-order chi connectivity index (χ1) is 8.25. The molecule has 1 amide bonds. The molecule has 0 saturated carbocycles. The number of thioether (sulfide) groups is 1. The number of amides is 1. The van der Waals surface area contributed by atoms with Crippen molar-refractivity contribution in [1.82, 2.24) is 25.4 Å². The number of carbonyl (C=O) groups excluding carboxylic acids is 1. The maximum absolute atomic E-state index is 11.9. The van der Waals surface area contributed by atoms with Crippen LogP contribution in [0.15, 0.2) is 5.16 Å². The average molecular weight is 256 g/mol. The van der Waals surface area contributed by atoms with Crippen LogP contribution in [0.25, 0.3) is 0 Å². The number of nitrogen functional groups attached to an aromatic ring is 1. The zero-order valence-electron chi connectivity index (χ0n) is 9.48. The minimum Gasteiger partial charge on any atom is -0.368 e. The van der Waals surface area contributed by atoms with Crippen LogP contribution in [0.5, 0.6) is 0 Å². The van der Waals surface area contributed by atoms with Crippen LogP contribution in [0, 0.1) is 0 Å². The monoisotopic (exact) mass is 256 g/mol. The number of aromatic nitrogens is 3. The van der Waals surface area contributed by atoms with Crippen LogP contribution in [0.4, 0.5) is 5.95 Å². The van der Waals surface area contributed by atoms with Crippen molar-refractivity contribution in [3.05, 3.63) is 0 Å². The molecule has 1 aliphatic heterocycles. The molecule has 0 spiro atoms. The molecule has 4 N–H and O–H groups in total. The highest BCUT2D eigenvalue weighted by molar-refractivity contribution is 7.99. The molecule has 17 heavy (non-hydrogen) atoms. The fourth-order valence-corrected chi connectivity index (χ4v) is 2.34. The molecule has 0 unspecified atom stereocenters. The molecule has 1 aliphatic rings. The summed E-state index contributed by atoms with van der Waals surface area (Å²) in [5.41, 5.74) is 5.40. The first kappa shape index (κ1) is 12.2. The van der Waals surface area contributed by atoms with Gasteiger partial charge in [0.05, 0.1) is 5.75 Å². The maximum Gasteiger partial charge on any atom is 0.233 e. The molecule has 1 fully saturated rings. The van der Waals surface area contributed by atoms with Gasteiger partial charge in [-0.3, -0.25) is 4.79 Å². The van der Waals surface area contributed by atoms with E-state index in [9.17, 15) is 4.79 Å². The third-order valence-electron chi connectivity index (χ3n) is 2.50. The van der Waals surface area contributed by atoms with Crippen LogP contribution in [0.1, 0.15) is 6.42 Å². The first-order valence-electron chi connectivity index (χ1n) is 5.55. The van der Waals surface area contributed by atoms with Gasteiger partial charge in [0.25, 0.3) is 0 Å². The summed E-state index contributed by atoms with van der Waals surface area (Å²) < 4.78 is 0. The van der Waals surface area contributed by atoms with Crippen LogP contribution < -0.4 is 11.1 Å². The summed E-state index contributed by atoms with van der Waals surface area (Å²) in [7, 11) is 0. The van der Waals surface area contributed by atoms with Crippen LogP contribution in [-0.2, 0) is 4.79 Å². The minimum absolute atomic E-state index is 0.127. The Morgan fingerprint density at radius 1 is 1.47 bits per heavy atom. The van der Waals surface area contributed by atoms with Gasteiger partial charge in [-0.1, -0.05) is 11.8 Å². The third kappa shape index (κ3) is 3.60. The lowest BCUT2D eigenvalue weighted by Crippen LogP contribution is -2.35. The second-order valence-corrected chi connectivity index (χ2v) is 4.72. The SMILES string of the molecule is Nc1nc(SCC(=O)N2CCCNCC2)n[nH]1. The second kappa shape index (κ2) is 5.87. The molecule has 2 heterocycles. The van der Waals surface area contributed by atoms with Crippen molar-refractivity contribution >= 4 is 23.6 Å². The largest absolute Gasteiger partial charge is 0.368 e. The molecule has 0 bridgehead atoms. The van der Waals surface area contributed by atoms with Gasteiger partial charge in [0.1, 0.15) is 0 Å². The molecule has 0 atom stereocenters. The third-order valence-corrected chi connectivity index (χ3v) is 3.33. The summed E-state index contributed by atoms with van der Waals surface area (Å²) >= 11 is 1.30. The number of nitrogens with two attached hydrogens (primary N) is 1. The van der Waals surface area contributed by atoms with Crippen molar-refractivity contribution < 1.29 is 4.79 Å². The number of nitrogens with one attached hydrogen (secondary N) is 2. The van der Waals surface area contributed by atoms with Crippen LogP contribution in [0.2, 0.25) is 0 Å². The van der Waals surface area contributed by atoms with Gasteiger partial charge in [-0.05, 0) is 13.0 Å². The van der Waals surface area contributed by atoms with E-state index in [0.717, 1.165) is 32.6 Å². The lowest BCUT2D eigenvalue weighted by Gasteiger charge is -2.19. The number of hydrogen-bond donors (Lipinski definition) is 3. The average Bonchev–Trinajstić information content (AvgIpc) is 2.58. The Labute approximate surface area is 104 Å². The fraction of sp³-hybridized carbons (Fsp3) is 0.667. The maximum atomic E-state index is 11.9. The van der Waals surface area contributed by atoms with E-state index in [-0.39, 0.29) is 11.9 Å². The molecule has 0 aromatic carbocycles. The van der Waals surface area contributed by atoms with Gasteiger partial charge in [-0.25, -0.2) is 5.10 Å². The van der Waals surface area contributed by atoms with Gasteiger partial charge in [0, 0.05) is 19.6 Å². The van der Waals surface area contributed by atoms with E-state index in [4.69, 9.17) is 5.73 Å². The highest BCUT2D eigenvalue weighted by atomic mass is 32.2. The molecule has 0 radical (unpaired) electrons. The number of hydrogen-bond acceptors (Lipinski definition) is 6. The van der Waals surface area contributed by atoms with E-state index in [1.165, 1.54) is 11.8 Å². The van der Waals surface area contributed by atoms with Gasteiger partial charge in [0.15, 0.2) is 0 Å². The Balaban J connectivity index is 1.79. The predicted octanol–water partition coefficient (Wildman–Crippen LogP) is -0.699. The first-order valence-corrected chi connectivity index (χ1v) is 6.53. The Morgan fingerprint density at radius 2 is 2.35 bits per heavy atom. The van der Waals surface area contributed by atoms with Crippen LogP contribution in [-0.4, -0.2) is 57.9 Å². The van der Waals surface area contributed by atoms with Crippen molar-refractivity contribution in [2.75, 3.05) is 37.7 Å². The normalized spacial score (nSPS) is 16.8. The van der Waals surface area contributed by atoms with Crippen molar-refractivity contribution in [2.45, 2.75) is 11.6 Å². The molecule has 8 heteroatoms. The molecule has 1 aromatic heterocycles. The summed E-state index contributed by atoms with van der Waals surface area (Å²) in [6.07, 6.45) is 1.00. The van der Waals surface area contributed by atoms with Gasteiger partial charge >= 0.3 is 0 Å². The van der Waals surface area contributed by atoms with Gasteiger partial charge in [-0.15, -0.1) is 5.10 Å². The van der Waals surface area contributed by atoms with E-state index in [0.29, 0.717) is 10.9 Å². The van der Waals surface area contributed by atoms with Crippen molar-refractivity contribution in [2.24, 2.45) is 0 Å². The second-order valence-electron chi connectivity index (χ2n) is 3.78. The van der Waals surface area contributed by atoms with E-state index in [2.05, 4.69) is 20.5 Å². The summed E-state index contributed by atoms with van der Waals surface area (Å²) in [6.45, 7) is 3.44. The highest BCUT2D eigenvalue weighted by Gasteiger charge is 2.16. The van der Waals surface area contributed by atoms with Crippen molar-refractivity contribution in [3.63, 3.8) is 0 Å². The van der Waals surface area contributed by atoms with Gasteiger partial charge < -0.3 is 16.0 Å². The molecule has 1 aromatic rings. The molecule has 0 aliphatic carbocycles. The molecule has 7 nitrogen and oxygen atoms in total. The lowest BCUT2D eigenvalue weighted by molar-refractivity contribution is -0.128. The van der Waals surface area contributed by atoms with Crippen molar-refractivity contribution in [1.29, 1.82) is 0 Å². The zero-order valence-corrected chi connectivity index (χ0v) is 10.3. The predicted molar refractivity (Wildman–Crippen MR) is 65.6 cm³/mol. The number of nitrogens with zero attached hydrogens (tertiary/aromatic N) is 3. The summed E-state index contributed by atoms with van der Waals surface area (Å²) in [4.78, 5) is 17.7. The summed E-state index contributed by atoms with van der Waals surface area (Å²) in [5.74, 6) is 0.762. The van der Waals surface area contributed by atoms with E-state index >= 15 is 0 Å². The molecule has 94 valence electrons. The topological polar surface area (TPSA) is 99.9 Å².